The van der Waals surface area contributed by atoms with Crippen LogP contribution in [0.4, 0.5) is 0 Å². The van der Waals surface area contributed by atoms with Gasteiger partial charge in [0.2, 0.25) is 5.88 Å². The second-order valence-corrected chi connectivity index (χ2v) is 7.43. The summed E-state index contributed by atoms with van der Waals surface area (Å²) < 4.78 is 12.5. The molecule has 0 fully saturated rings. The first-order chi connectivity index (χ1) is 13.1. The molecule has 0 radical (unpaired) electrons. The number of Topliss-reactive ketones (excluding diaryl/α,β-unsaturated/α-hetero) is 1. The van der Waals surface area contributed by atoms with Gasteiger partial charge in [0.1, 0.15) is 23.6 Å². The number of rotatable bonds is 5. The van der Waals surface area contributed by atoms with Gasteiger partial charge in [-0.05, 0) is 45.9 Å². The lowest BCUT2D eigenvalue weighted by molar-refractivity contribution is -0.155. The zero-order chi connectivity index (χ0) is 20.5. The van der Waals surface area contributed by atoms with Crippen LogP contribution < -0.4 is 4.74 Å². The molecule has 0 aliphatic heterocycles. The summed E-state index contributed by atoms with van der Waals surface area (Å²) in [5, 5.41) is 4.89. The lowest BCUT2D eigenvalue weighted by Crippen LogP contribution is -2.26. The predicted octanol–water partition coefficient (Wildman–Crippen LogP) is 3.47. The minimum atomic E-state index is -0.598. The molecule has 0 atom stereocenters. The number of benzene rings is 1. The van der Waals surface area contributed by atoms with Gasteiger partial charge in [0.25, 0.3) is 0 Å². The number of ketones is 1. The molecule has 3 aromatic rings. The van der Waals surface area contributed by atoms with Gasteiger partial charge in [-0.15, -0.1) is 0 Å². The Kier molecular flexibility index (Phi) is 5.13. The van der Waals surface area contributed by atoms with E-state index in [0.717, 1.165) is 5.69 Å². The SMILES string of the molecule is CC(=O)c1nn(CC(=O)OC(C)(C)C)c2ccc(Oc3cnc(C)cn3)cc12. The van der Waals surface area contributed by atoms with Crippen LogP contribution in [0.1, 0.15) is 43.9 Å². The molecule has 2 aromatic heterocycles. The van der Waals surface area contributed by atoms with Crippen molar-refractivity contribution in [2.24, 2.45) is 0 Å². The van der Waals surface area contributed by atoms with Gasteiger partial charge in [0.15, 0.2) is 5.78 Å². The van der Waals surface area contributed by atoms with Crippen molar-refractivity contribution < 1.29 is 19.1 Å². The molecule has 0 bridgehead atoms. The highest BCUT2D eigenvalue weighted by atomic mass is 16.6. The van der Waals surface area contributed by atoms with Crippen molar-refractivity contribution in [3.05, 3.63) is 42.0 Å². The number of ether oxygens (including phenoxy) is 2. The Hall–Kier alpha value is -3.29. The summed E-state index contributed by atoms with van der Waals surface area (Å²) in [6.45, 7) is 8.56. The summed E-state index contributed by atoms with van der Waals surface area (Å²) in [6.07, 6.45) is 3.13. The highest BCUT2D eigenvalue weighted by molar-refractivity contribution is 6.05. The van der Waals surface area contributed by atoms with Crippen LogP contribution in [0, 0.1) is 6.92 Å². The molecule has 146 valence electrons. The van der Waals surface area contributed by atoms with E-state index in [2.05, 4.69) is 15.1 Å². The first-order valence-corrected chi connectivity index (χ1v) is 8.82. The maximum absolute atomic E-state index is 12.2. The van der Waals surface area contributed by atoms with Gasteiger partial charge in [0, 0.05) is 12.3 Å². The number of hydrogen-bond donors (Lipinski definition) is 0. The van der Waals surface area contributed by atoms with Crippen LogP contribution in [0.3, 0.4) is 0 Å². The van der Waals surface area contributed by atoms with E-state index < -0.39 is 11.6 Å². The Morgan fingerprint density at radius 3 is 2.50 bits per heavy atom. The number of carbonyl (C=O) groups is 2. The first kappa shape index (κ1) is 19.5. The summed E-state index contributed by atoms with van der Waals surface area (Å²) >= 11 is 0. The number of esters is 1. The minimum Gasteiger partial charge on any atom is -0.459 e. The summed E-state index contributed by atoms with van der Waals surface area (Å²) in [4.78, 5) is 32.5. The molecule has 28 heavy (non-hydrogen) atoms. The number of nitrogens with zero attached hydrogens (tertiary/aromatic N) is 4. The normalized spacial score (nSPS) is 11.5. The van der Waals surface area contributed by atoms with Gasteiger partial charge in [-0.3, -0.25) is 19.3 Å². The largest absolute Gasteiger partial charge is 0.459 e. The number of aryl methyl sites for hydroxylation is 1. The average Bonchev–Trinajstić information content (AvgIpc) is 2.93. The Bertz CT molecular complexity index is 1030. The standard InChI is InChI=1S/C20H22N4O4/c1-12-9-22-17(10-21-12)27-14-6-7-16-15(8-14)19(13(2)25)23-24(16)11-18(26)28-20(3,4)5/h6-10H,11H2,1-5H3. The lowest BCUT2D eigenvalue weighted by atomic mass is 10.1. The average molecular weight is 382 g/mol. The molecule has 0 saturated heterocycles. The summed E-state index contributed by atoms with van der Waals surface area (Å²) in [5.74, 6) is 0.197. The van der Waals surface area contributed by atoms with Crippen molar-refractivity contribution >= 4 is 22.7 Å². The van der Waals surface area contributed by atoms with Crippen molar-refractivity contribution in [3.8, 4) is 11.6 Å². The van der Waals surface area contributed by atoms with Gasteiger partial charge in [-0.1, -0.05) is 0 Å². The number of hydrogen-bond acceptors (Lipinski definition) is 7. The smallest absolute Gasteiger partial charge is 0.328 e. The number of aromatic nitrogens is 4. The topological polar surface area (TPSA) is 96.2 Å². The molecule has 1 aromatic carbocycles. The second-order valence-electron chi connectivity index (χ2n) is 7.43. The second kappa shape index (κ2) is 7.38. The summed E-state index contributed by atoms with van der Waals surface area (Å²) in [5.41, 5.74) is 1.09. The zero-order valence-corrected chi connectivity index (χ0v) is 16.5. The van der Waals surface area contributed by atoms with Crippen molar-refractivity contribution in [2.45, 2.75) is 46.8 Å². The van der Waals surface area contributed by atoms with Crippen LogP contribution >= 0.6 is 0 Å². The van der Waals surface area contributed by atoms with Crippen LogP contribution in [0.5, 0.6) is 11.6 Å². The van der Waals surface area contributed by atoms with Gasteiger partial charge in [-0.2, -0.15) is 5.10 Å². The van der Waals surface area contributed by atoms with E-state index in [0.29, 0.717) is 22.5 Å². The van der Waals surface area contributed by atoms with Gasteiger partial charge < -0.3 is 9.47 Å². The third kappa shape index (κ3) is 4.51. The third-order valence-corrected chi connectivity index (χ3v) is 3.73. The molecule has 8 nitrogen and oxygen atoms in total. The fraction of sp³-hybridized carbons (Fsp3) is 0.350. The zero-order valence-electron chi connectivity index (χ0n) is 16.5. The van der Waals surface area contributed by atoms with Crippen molar-refractivity contribution in [1.82, 2.24) is 19.7 Å². The molecule has 0 amide bonds. The molecule has 8 heteroatoms. The predicted molar refractivity (Wildman–Crippen MR) is 102 cm³/mol. The molecule has 3 rings (SSSR count). The van der Waals surface area contributed by atoms with Crippen LogP contribution in [0.15, 0.2) is 30.6 Å². The van der Waals surface area contributed by atoms with Crippen LogP contribution in [0.25, 0.3) is 10.9 Å². The van der Waals surface area contributed by atoms with E-state index in [1.807, 2.05) is 6.92 Å². The summed E-state index contributed by atoms with van der Waals surface area (Å²) in [7, 11) is 0. The Balaban J connectivity index is 1.93. The van der Waals surface area contributed by atoms with Gasteiger partial charge in [0.05, 0.1) is 23.6 Å². The van der Waals surface area contributed by atoms with Crippen molar-refractivity contribution in [3.63, 3.8) is 0 Å². The monoisotopic (exact) mass is 382 g/mol. The molecule has 2 heterocycles. The molecule has 0 aliphatic rings. The lowest BCUT2D eigenvalue weighted by Gasteiger charge is -2.19. The molecular formula is C20H22N4O4. The van der Waals surface area contributed by atoms with Crippen molar-refractivity contribution in [1.29, 1.82) is 0 Å². The molecule has 0 spiro atoms. The van der Waals surface area contributed by atoms with Crippen molar-refractivity contribution in [2.75, 3.05) is 0 Å². The Morgan fingerprint density at radius 1 is 1.14 bits per heavy atom. The van der Waals surface area contributed by atoms with Gasteiger partial charge in [-0.25, -0.2) is 4.98 Å². The number of fused-ring (bicyclic) bond motifs is 1. The highest BCUT2D eigenvalue weighted by Crippen LogP contribution is 2.27. The van der Waals surface area contributed by atoms with E-state index in [9.17, 15) is 9.59 Å². The Labute approximate surface area is 162 Å². The van der Waals surface area contributed by atoms with E-state index in [1.165, 1.54) is 17.8 Å². The highest BCUT2D eigenvalue weighted by Gasteiger charge is 2.20. The van der Waals surface area contributed by atoms with E-state index >= 15 is 0 Å². The fourth-order valence-corrected chi connectivity index (χ4v) is 2.65. The maximum atomic E-state index is 12.2. The maximum Gasteiger partial charge on any atom is 0.328 e. The third-order valence-electron chi connectivity index (χ3n) is 3.73. The van der Waals surface area contributed by atoms with Crippen LogP contribution in [-0.4, -0.2) is 37.1 Å². The fourth-order valence-electron chi connectivity index (χ4n) is 2.65. The summed E-state index contributed by atoms with van der Waals surface area (Å²) in [6, 6.07) is 5.17. The molecule has 0 saturated carbocycles. The van der Waals surface area contributed by atoms with E-state index in [1.54, 1.807) is 45.2 Å². The molecule has 0 N–H and O–H groups in total. The first-order valence-electron chi connectivity index (χ1n) is 8.82. The van der Waals surface area contributed by atoms with E-state index in [-0.39, 0.29) is 18.0 Å². The molecule has 0 aliphatic carbocycles. The van der Waals surface area contributed by atoms with Gasteiger partial charge >= 0.3 is 5.97 Å². The quantitative estimate of drug-likeness (QED) is 0.492. The molecular weight excluding hydrogens is 360 g/mol. The Morgan fingerprint density at radius 2 is 1.89 bits per heavy atom. The molecule has 0 unspecified atom stereocenters. The van der Waals surface area contributed by atoms with Crippen LogP contribution in [0.2, 0.25) is 0 Å². The minimum absolute atomic E-state index is 0.0926. The van der Waals surface area contributed by atoms with E-state index in [4.69, 9.17) is 9.47 Å². The van der Waals surface area contributed by atoms with Crippen LogP contribution in [-0.2, 0) is 16.1 Å². The number of carbonyl (C=O) groups excluding carboxylic acids is 2.